The first-order valence-electron chi connectivity index (χ1n) is 6.05. The highest BCUT2D eigenvalue weighted by atomic mass is 15.1. The smallest absolute Gasteiger partial charge is 0.0227 e. The van der Waals surface area contributed by atoms with Gasteiger partial charge in [0.2, 0.25) is 0 Å². The Labute approximate surface area is 89.2 Å². The molecule has 0 atom stereocenters. The first-order chi connectivity index (χ1) is 6.66. The molecule has 0 bridgehead atoms. The molecule has 0 aromatic rings. The van der Waals surface area contributed by atoms with Crippen molar-refractivity contribution in [2.24, 2.45) is 5.92 Å². The van der Waals surface area contributed by atoms with Crippen LogP contribution in [0, 0.1) is 5.92 Å². The van der Waals surface area contributed by atoms with Crippen LogP contribution in [0.2, 0.25) is 0 Å². The van der Waals surface area contributed by atoms with Gasteiger partial charge in [-0.05, 0) is 39.5 Å². The molecule has 1 nitrogen and oxygen atoms in total. The van der Waals surface area contributed by atoms with Crippen LogP contribution in [0.15, 0.2) is 11.8 Å². The fraction of sp³-hybridized carbons (Fsp3) is 0.846. The van der Waals surface area contributed by atoms with Gasteiger partial charge in [-0.3, -0.25) is 0 Å². The van der Waals surface area contributed by atoms with Crippen LogP contribution in [0.5, 0.6) is 0 Å². The van der Waals surface area contributed by atoms with E-state index >= 15 is 0 Å². The molecule has 0 aromatic heterocycles. The third-order valence-corrected chi connectivity index (χ3v) is 3.50. The van der Waals surface area contributed by atoms with Crippen molar-refractivity contribution in [2.45, 2.75) is 58.9 Å². The van der Waals surface area contributed by atoms with E-state index < -0.39 is 0 Å². The fourth-order valence-electron chi connectivity index (χ4n) is 2.42. The zero-order valence-corrected chi connectivity index (χ0v) is 10.2. The minimum Gasteiger partial charge on any atom is -0.375 e. The van der Waals surface area contributed by atoms with Gasteiger partial charge in [-0.25, -0.2) is 0 Å². The van der Waals surface area contributed by atoms with E-state index in [1.54, 1.807) is 5.70 Å². The van der Waals surface area contributed by atoms with E-state index in [1.807, 2.05) is 0 Å². The third-order valence-electron chi connectivity index (χ3n) is 3.50. The number of nitrogens with zero attached hydrogens (tertiary/aromatic N) is 1. The van der Waals surface area contributed by atoms with Crippen molar-refractivity contribution < 1.29 is 0 Å². The van der Waals surface area contributed by atoms with Crippen molar-refractivity contribution in [1.29, 1.82) is 0 Å². The fourth-order valence-corrected chi connectivity index (χ4v) is 2.42. The largest absolute Gasteiger partial charge is 0.375 e. The van der Waals surface area contributed by atoms with Gasteiger partial charge in [0.15, 0.2) is 0 Å². The molecule has 0 radical (unpaired) electrons. The molecule has 14 heavy (non-hydrogen) atoms. The Bertz CT molecular complexity index is 187. The van der Waals surface area contributed by atoms with E-state index in [0.717, 1.165) is 5.92 Å². The van der Waals surface area contributed by atoms with Gasteiger partial charge in [0.05, 0.1) is 0 Å². The molecule has 82 valence electrons. The summed E-state index contributed by atoms with van der Waals surface area (Å²) in [4.78, 5) is 2.44. The molecular weight excluding hydrogens is 170 g/mol. The molecule has 0 amide bonds. The van der Waals surface area contributed by atoms with Crippen LogP contribution in [0.4, 0.5) is 0 Å². The molecular formula is C13H25N. The number of allylic oxidation sites excluding steroid dienone is 2. The minimum absolute atomic E-state index is 0.628. The topological polar surface area (TPSA) is 3.24 Å². The lowest BCUT2D eigenvalue weighted by atomic mass is 9.86. The van der Waals surface area contributed by atoms with Crippen molar-refractivity contribution in [3.8, 4) is 0 Å². The zero-order chi connectivity index (χ0) is 10.6. The van der Waals surface area contributed by atoms with Gasteiger partial charge in [-0.1, -0.05) is 25.3 Å². The predicted molar refractivity (Wildman–Crippen MR) is 63.2 cm³/mol. The monoisotopic (exact) mass is 195 g/mol. The summed E-state index contributed by atoms with van der Waals surface area (Å²) in [7, 11) is 2.23. The summed E-state index contributed by atoms with van der Waals surface area (Å²) in [6.07, 6.45) is 9.41. The molecule has 1 fully saturated rings. The summed E-state index contributed by atoms with van der Waals surface area (Å²) in [5, 5.41) is 0. The second kappa shape index (κ2) is 5.43. The Morgan fingerprint density at radius 2 is 1.79 bits per heavy atom. The number of rotatable bonds is 3. The van der Waals surface area contributed by atoms with Gasteiger partial charge in [0, 0.05) is 18.8 Å². The summed E-state index contributed by atoms with van der Waals surface area (Å²) in [5.74, 6) is 0.834. The van der Waals surface area contributed by atoms with Gasteiger partial charge < -0.3 is 4.90 Å². The Balaban J connectivity index is 2.61. The SMILES string of the molecule is C/C=C(/C1CCCCC1)N(C)C(C)C. The van der Waals surface area contributed by atoms with Gasteiger partial charge >= 0.3 is 0 Å². The molecule has 1 aliphatic rings. The maximum atomic E-state index is 2.44. The van der Waals surface area contributed by atoms with Gasteiger partial charge in [-0.2, -0.15) is 0 Å². The normalized spacial score (nSPS) is 20.2. The summed E-state index contributed by atoms with van der Waals surface area (Å²) in [6, 6.07) is 0.628. The Morgan fingerprint density at radius 3 is 2.21 bits per heavy atom. The Morgan fingerprint density at radius 1 is 1.21 bits per heavy atom. The summed E-state index contributed by atoms with van der Waals surface area (Å²) in [6.45, 7) is 6.72. The van der Waals surface area contributed by atoms with E-state index in [0.29, 0.717) is 6.04 Å². The molecule has 0 spiro atoms. The molecule has 1 saturated carbocycles. The van der Waals surface area contributed by atoms with E-state index in [4.69, 9.17) is 0 Å². The van der Waals surface area contributed by atoms with Crippen LogP contribution in [-0.2, 0) is 0 Å². The highest BCUT2D eigenvalue weighted by molar-refractivity contribution is 5.05. The Hall–Kier alpha value is -0.460. The van der Waals surface area contributed by atoms with E-state index in [1.165, 1.54) is 32.1 Å². The van der Waals surface area contributed by atoms with Gasteiger partial charge in [0.25, 0.3) is 0 Å². The average molecular weight is 195 g/mol. The molecule has 1 aliphatic carbocycles. The summed E-state index contributed by atoms with van der Waals surface area (Å²) >= 11 is 0. The molecule has 0 saturated heterocycles. The highest BCUT2D eigenvalue weighted by Crippen LogP contribution is 2.31. The second-order valence-corrected chi connectivity index (χ2v) is 4.75. The van der Waals surface area contributed by atoms with Crippen LogP contribution in [-0.4, -0.2) is 18.0 Å². The molecule has 0 unspecified atom stereocenters. The van der Waals surface area contributed by atoms with Crippen LogP contribution in [0.1, 0.15) is 52.9 Å². The lowest BCUT2D eigenvalue weighted by Crippen LogP contribution is -2.30. The van der Waals surface area contributed by atoms with E-state index in [-0.39, 0.29) is 0 Å². The van der Waals surface area contributed by atoms with Crippen LogP contribution in [0.3, 0.4) is 0 Å². The third kappa shape index (κ3) is 2.76. The highest BCUT2D eigenvalue weighted by Gasteiger charge is 2.20. The van der Waals surface area contributed by atoms with Crippen molar-refractivity contribution in [2.75, 3.05) is 7.05 Å². The van der Waals surface area contributed by atoms with Gasteiger partial charge in [0.1, 0.15) is 0 Å². The molecule has 0 aliphatic heterocycles. The van der Waals surface area contributed by atoms with Crippen molar-refractivity contribution in [3.05, 3.63) is 11.8 Å². The second-order valence-electron chi connectivity index (χ2n) is 4.75. The molecule has 0 aromatic carbocycles. The van der Waals surface area contributed by atoms with Crippen LogP contribution in [0.25, 0.3) is 0 Å². The number of hydrogen-bond donors (Lipinski definition) is 0. The van der Waals surface area contributed by atoms with Crippen molar-refractivity contribution >= 4 is 0 Å². The van der Waals surface area contributed by atoms with E-state index in [2.05, 4.69) is 38.8 Å². The average Bonchev–Trinajstić information content (AvgIpc) is 2.20. The summed E-state index contributed by atoms with van der Waals surface area (Å²) in [5.41, 5.74) is 1.57. The molecule has 1 rings (SSSR count). The summed E-state index contributed by atoms with van der Waals surface area (Å²) < 4.78 is 0. The first kappa shape index (κ1) is 11.6. The first-order valence-corrected chi connectivity index (χ1v) is 6.05. The maximum absolute atomic E-state index is 2.44. The standard InChI is InChI=1S/C13H25N/c1-5-13(14(4)11(2)3)12-9-7-6-8-10-12/h5,11-12H,6-10H2,1-4H3/b13-5-. The zero-order valence-electron chi connectivity index (χ0n) is 10.2. The maximum Gasteiger partial charge on any atom is 0.0227 e. The van der Waals surface area contributed by atoms with E-state index in [9.17, 15) is 0 Å². The van der Waals surface area contributed by atoms with Crippen LogP contribution >= 0.6 is 0 Å². The molecule has 1 heteroatoms. The van der Waals surface area contributed by atoms with Crippen molar-refractivity contribution in [3.63, 3.8) is 0 Å². The molecule has 0 heterocycles. The van der Waals surface area contributed by atoms with Gasteiger partial charge in [-0.15, -0.1) is 0 Å². The lowest BCUT2D eigenvalue weighted by molar-refractivity contribution is 0.266. The van der Waals surface area contributed by atoms with Crippen LogP contribution < -0.4 is 0 Å². The molecule has 0 N–H and O–H groups in total. The predicted octanol–water partition coefficient (Wildman–Crippen LogP) is 3.81. The Kier molecular flexibility index (Phi) is 4.50. The number of hydrogen-bond acceptors (Lipinski definition) is 1. The van der Waals surface area contributed by atoms with Crippen molar-refractivity contribution in [1.82, 2.24) is 4.90 Å². The quantitative estimate of drug-likeness (QED) is 0.662. The lowest BCUT2D eigenvalue weighted by Gasteiger charge is -2.34. The minimum atomic E-state index is 0.628.